The molecule has 16 heavy (non-hydrogen) atoms. The topological polar surface area (TPSA) is 79.0 Å². The Kier molecular flexibility index (Phi) is 1.75. The molecule has 0 radical (unpaired) electrons. The van der Waals surface area contributed by atoms with Crippen LogP contribution >= 0.6 is 0 Å². The van der Waals surface area contributed by atoms with Gasteiger partial charge in [-0.2, -0.15) is 0 Å². The molecule has 0 saturated heterocycles. The van der Waals surface area contributed by atoms with Gasteiger partial charge in [0.05, 0.1) is 6.54 Å². The number of carbonyl (C=O) groups is 1. The van der Waals surface area contributed by atoms with E-state index in [0.29, 0.717) is 10.9 Å². The van der Waals surface area contributed by atoms with Gasteiger partial charge in [-0.3, -0.25) is 4.79 Å². The highest BCUT2D eigenvalue weighted by Crippen LogP contribution is 2.28. The van der Waals surface area contributed by atoms with E-state index in [1.54, 1.807) is 24.3 Å². The first-order valence-corrected chi connectivity index (χ1v) is 6.21. The summed E-state index contributed by atoms with van der Waals surface area (Å²) in [7, 11) is -3.56. The largest absolute Gasteiger partial charge is 0.351 e. The summed E-state index contributed by atoms with van der Waals surface area (Å²) < 4.78 is 25.9. The zero-order valence-electron chi connectivity index (χ0n) is 8.15. The Balaban J connectivity index is 2.52. The molecular weight excluding hydrogens is 228 g/mol. The van der Waals surface area contributed by atoms with Crippen LogP contribution in [0.4, 0.5) is 0 Å². The average Bonchev–Trinajstić information content (AvgIpc) is 2.65. The molecule has 6 heteroatoms. The van der Waals surface area contributed by atoms with E-state index in [-0.39, 0.29) is 22.9 Å². The second kappa shape index (κ2) is 2.93. The fourth-order valence-electron chi connectivity index (χ4n) is 1.91. The Morgan fingerprint density at radius 2 is 1.94 bits per heavy atom. The van der Waals surface area contributed by atoms with E-state index < -0.39 is 10.0 Å². The maximum absolute atomic E-state index is 11.8. The normalized spacial score (nSPS) is 18.6. The number of H-pyrrole nitrogens is 1. The molecule has 0 bridgehead atoms. The molecule has 1 aromatic carbocycles. The highest BCUT2D eigenvalue weighted by molar-refractivity contribution is 7.90. The van der Waals surface area contributed by atoms with Gasteiger partial charge in [-0.25, -0.2) is 13.1 Å². The van der Waals surface area contributed by atoms with Gasteiger partial charge in [-0.05, 0) is 6.07 Å². The minimum atomic E-state index is -3.56. The van der Waals surface area contributed by atoms with Crippen molar-refractivity contribution in [2.75, 3.05) is 6.54 Å². The van der Waals surface area contributed by atoms with Gasteiger partial charge in [-0.1, -0.05) is 18.2 Å². The van der Waals surface area contributed by atoms with Crippen LogP contribution in [0.1, 0.15) is 10.5 Å². The fraction of sp³-hybridized carbons (Fsp3) is 0.100. The Morgan fingerprint density at radius 1 is 1.19 bits per heavy atom. The van der Waals surface area contributed by atoms with Crippen LogP contribution in [0.15, 0.2) is 29.2 Å². The van der Waals surface area contributed by atoms with Crippen LogP contribution in [0, 0.1) is 0 Å². The van der Waals surface area contributed by atoms with Crippen molar-refractivity contribution < 1.29 is 13.2 Å². The predicted octanol–water partition coefficient (Wildman–Crippen LogP) is 0.642. The summed E-state index contributed by atoms with van der Waals surface area (Å²) in [5.74, 6) is -0.235. The van der Waals surface area contributed by atoms with E-state index in [9.17, 15) is 13.2 Å². The summed E-state index contributed by atoms with van der Waals surface area (Å²) in [6.07, 6.45) is 0. The quantitative estimate of drug-likeness (QED) is 0.704. The summed E-state index contributed by atoms with van der Waals surface area (Å²) in [6.45, 7) is -0.178. The monoisotopic (exact) mass is 236 g/mol. The van der Waals surface area contributed by atoms with Crippen molar-refractivity contribution in [2.24, 2.45) is 0 Å². The zero-order chi connectivity index (χ0) is 11.3. The molecule has 3 rings (SSSR count). The van der Waals surface area contributed by atoms with Gasteiger partial charge in [0, 0.05) is 10.9 Å². The third-order valence-corrected chi connectivity index (χ3v) is 4.11. The van der Waals surface area contributed by atoms with E-state index in [1.807, 2.05) is 0 Å². The van der Waals surface area contributed by atoms with E-state index >= 15 is 0 Å². The average molecular weight is 236 g/mol. The van der Waals surface area contributed by atoms with Crippen LogP contribution < -0.4 is 4.72 Å². The van der Waals surface area contributed by atoms with Gasteiger partial charge in [0.2, 0.25) is 10.0 Å². The molecule has 0 atom stereocenters. The van der Waals surface area contributed by atoms with Crippen molar-refractivity contribution in [2.45, 2.75) is 4.90 Å². The van der Waals surface area contributed by atoms with Gasteiger partial charge < -0.3 is 4.98 Å². The molecule has 0 saturated carbocycles. The number of ketones is 1. The van der Waals surface area contributed by atoms with Crippen LogP contribution in [0.5, 0.6) is 0 Å². The summed E-state index contributed by atoms with van der Waals surface area (Å²) in [4.78, 5) is 14.5. The van der Waals surface area contributed by atoms with Crippen molar-refractivity contribution in [1.82, 2.24) is 9.71 Å². The number of rotatable bonds is 0. The van der Waals surface area contributed by atoms with E-state index in [0.717, 1.165) is 0 Å². The molecule has 0 unspecified atom stereocenters. The Hall–Kier alpha value is -1.66. The highest BCUT2D eigenvalue weighted by atomic mass is 32.2. The van der Waals surface area contributed by atoms with Gasteiger partial charge in [0.1, 0.15) is 10.6 Å². The SMILES string of the molecule is O=C1CNS(=O)(=O)c2c1[nH]c1ccccc21. The highest BCUT2D eigenvalue weighted by Gasteiger charge is 2.32. The molecule has 5 nitrogen and oxygen atoms in total. The number of fused-ring (bicyclic) bond motifs is 3. The molecule has 2 aromatic rings. The van der Waals surface area contributed by atoms with E-state index in [2.05, 4.69) is 9.71 Å². The second-order valence-electron chi connectivity index (χ2n) is 3.62. The Labute approximate surface area is 91.5 Å². The lowest BCUT2D eigenvalue weighted by atomic mass is 10.2. The molecule has 1 aliphatic rings. The molecule has 2 heterocycles. The number of para-hydroxylation sites is 1. The lowest BCUT2D eigenvalue weighted by Gasteiger charge is -2.12. The molecule has 82 valence electrons. The van der Waals surface area contributed by atoms with Gasteiger partial charge in [0.25, 0.3) is 0 Å². The number of aromatic amines is 1. The number of sulfonamides is 1. The van der Waals surface area contributed by atoms with E-state index in [1.165, 1.54) is 0 Å². The number of hydrogen-bond acceptors (Lipinski definition) is 3. The molecule has 0 fully saturated rings. The minimum absolute atomic E-state index is 0.0688. The maximum atomic E-state index is 11.8. The van der Waals surface area contributed by atoms with Crippen molar-refractivity contribution in [1.29, 1.82) is 0 Å². The number of nitrogens with one attached hydrogen (secondary N) is 2. The van der Waals surface area contributed by atoms with Crippen molar-refractivity contribution in [3.8, 4) is 0 Å². The van der Waals surface area contributed by atoms with Crippen molar-refractivity contribution >= 4 is 26.7 Å². The lowest BCUT2D eigenvalue weighted by molar-refractivity contribution is 0.0986. The fourth-order valence-corrected chi connectivity index (χ4v) is 3.28. The molecule has 2 N–H and O–H groups in total. The summed E-state index contributed by atoms with van der Waals surface area (Å²) >= 11 is 0. The van der Waals surface area contributed by atoms with Gasteiger partial charge in [0.15, 0.2) is 5.78 Å². The number of benzene rings is 1. The first kappa shape index (κ1) is 9.56. The van der Waals surface area contributed by atoms with Crippen LogP contribution in [-0.4, -0.2) is 25.7 Å². The molecule has 0 amide bonds. The third-order valence-electron chi connectivity index (χ3n) is 2.63. The van der Waals surface area contributed by atoms with Crippen LogP contribution in [-0.2, 0) is 10.0 Å². The maximum Gasteiger partial charge on any atom is 0.243 e. The molecular formula is C10H8N2O3S. The lowest BCUT2D eigenvalue weighted by Crippen LogP contribution is -2.35. The third kappa shape index (κ3) is 1.14. The Bertz CT molecular complexity index is 700. The summed E-state index contributed by atoms with van der Waals surface area (Å²) in [5.41, 5.74) is 0.841. The summed E-state index contributed by atoms with van der Waals surface area (Å²) in [5, 5.41) is 0.554. The first-order chi connectivity index (χ1) is 7.59. The molecule has 0 aliphatic carbocycles. The van der Waals surface area contributed by atoms with Crippen molar-refractivity contribution in [3.05, 3.63) is 30.0 Å². The van der Waals surface area contributed by atoms with Crippen LogP contribution in [0.25, 0.3) is 10.9 Å². The molecule has 1 aromatic heterocycles. The van der Waals surface area contributed by atoms with Crippen LogP contribution in [0.3, 0.4) is 0 Å². The van der Waals surface area contributed by atoms with Crippen molar-refractivity contribution in [3.63, 3.8) is 0 Å². The number of Topliss-reactive ketones (excluding diaryl/α,β-unsaturated/α-hetero) is 1. The number of aromatic nitrogens is 1. The van der Waals surface area contributed by atoms with E-state index in [4.69, 9.17) is 0 Å². The van der Waals surface area contributed by atoms with Gasteiger partial charge >= 0.3 is 0 Å². The minimum Gasteiger partial charge on any atom is -0.351 e. The predicted molar refractivity (Wildman–Crippen MR) is 57.8 cm³/mol. The zero-order valence-corrected chi connectivity index (χ0v) is 8.97. The van der Waals surface area contributed by atoms with Crippen LogP contribution in [0.2, 0.25) is 0 Å². The molecule has 0 spiro atoms. The van der Waals surface area contributed by atoms with Gasteiger partial charge in [-0.15, -0.1) is 0 Å². The second-order valence-corrected chi connectivity index (χ2v) is 5.33. The number of carbonyl (C=O) groups excluding carboxylic acids is 1. The smallest absolute Gasteiger partial charge is 0.243 e. The number of hydrogen-bond donors (Lipinski definition) is 2. The first-order valence-electron chi connectivity index (χ1n) is 4.73. The Morgan fingerprint density at radius 3 is 2.75 bits per heavy atom. The molecule has 1 aliphatic heterocycles. The standard InChI is InChI=1S/C10H8N2O3S/c13-8-5-11-16(14,15)10-6-3-1-2-4-7(6)12-9(8)10/h1-4,11-12H,5H2. The summed E-state index contributed by atoms with van der Waals surface area (Å²) in [6, 6.07) is 6.96.